The van der Waals surface area contributed by atoms with E-state index in [0.717, 1.165) is 25.8 Å². The van der Waals surface area contributed by atoms with Gasteiger partial charge in [0.1, 0.15) is 0 Å². The summed E-state index contributed by atoms with van der Waals surface area (Å²) in [6, 6.07) is 11.4. The van der Waals surface area contributed by atoms with Crippen molar-refractivity contribution in [3.05, 3.63) is 35.9 Å². The normalized spacial score (nSPS) is 23.1. The van der Waals surface area contributed by atoms with Crippen LogP contribution < -0.4 is 0 Å². The molecule has 1 saturated heterocycles. The minimum atomic E-state index is -0.459. The van der Waals surface area contributed by atoms with Gasteiger partial charge in [0.15, 0.2) is 0 Å². The number of likely N-dealkylation sites (tertiary alicyclic amines) is 1. The SMILES string of the molecule is CCC[C@H]1[C@@H](CC(O)(CC)CC)CCN1Cc1ccccc1. The molecule has 22 heavy (non-hydrogen) atoms. The quantitative estimate of drug-likeness (QED) is 0.757. The van der Waals surface area contributed by atoms with E-state index in [-0.39, 0.29) is 0 Å². The Bertz CT molecular complexity index is 427. The molecule has 1 aliphatic heterocycles. The van der Waals surface area contributed by atoms with Gasteiger partial charge in [0.25, 0.3) is 0 Å². The van der Waals surface area contributed by atoms with Crippen molar-refractivity contribution in [1.29, 1.82) is 0 Å². The van der Waals surface area contributed by atoms with E-state index in [9.17, 15) is 5.11 Å². The highest BCUT2D eigenvalue weighted by molar-refractivity contribution is 5.15. The summed E-state index contributed by atoms with van der Waals surface area (Å²) in [5.41, 5.74) is 0.949. The van der Waals surface area contributed by atoms with E-state index in [0.29, 0.717) is 12.0 Å². The maximum atomic E-state index is 10.7. The number of aliphatic hydroxyl groups is 1. The summed E-state index contributed by atoms with van der Waals surface area (Å²) in [6.45, 7) is 8.75. The average molecular weight is 303 g/mol. The number of hydrogen-bond acceptors (Lipinski definition) is 2. The summed E-state index contributed by atoms with van der Waals surface area (Å²) in [5, 5.41) is 10.7. The summed E-state index contributed by atoms with van der Waals surface area (Å²) in [4.78, 5) is 2.65. The van der Waals surface area contributed by atoms with Gasteiger partial charge in [-0.15, -0.1) is 0 Å². The van der Waals surface area contributed by atoms with Crippen molar-refractivity contribution in [3.63, 3.8) is 0 Å². The predicted octanol–water partition coefficient (Wildman–Crippen LogP) is 4.62. The first kappa shape index (κ1) is 17.5. The van der Waals surface area contributed by atoms with Gasteiger partial charge < -0.3 is 5.11 Å². The number of rotatable bonds is 8. The first-order valence-electron chi connectivity index (χ1n) is 9.12. The standard InChI is InChI=1S/C20H33NO/c1-4-10-19-18(15-20(22,5-2)6-3)13-14-21(19)16-17-11-8-7-9-12-17/h7-9,11-12,18-19,22H,4-6,10,13-16H2,1-3H3/t18-,19+/m1/s1. The molecule has 0 amide bonds. The summed E-state index contributed by atoms with van der Waals surface area (Å²) in [7, 11) is 0. The number of benzene rings is 1. The van der Waals surface area contributed by atoms with Crippen LogP contribution in [0.3, 0.4) is 0 Å². The molecular formula is C20H33NO. The van der Waals surface area contributed by atoms with Gasteiger partial charge in [-0.3, -0.25) is 4.90 Å². The second kappa shape index (κ2) is 8.12. The molecule has 2 rings (SSSR count). The van der Waals surface area contributed by atoms with Crippen LogP contribution in [0.5, 0.6) is 0 Å². The lowest BCUT2D eigenvalue weighted by atomic mass is 9.81. The molecular weight excluding hydrogens is 270 g/mol. The van der Waals surface area contributed by atoms with Gasteiger partial charge in [-0.2, -0.15) is 0 Å². The molecule has 1 aliphatic rings. The Morgan fingerprint density at radius 1 is 1.14 bits per heavy atom. The Kier molecular flexibility index (Phi) is 6.46. The monoisotopic (exact) mass is 303 g/mol. The zero-order valence-electron chi connectivity index (χ0n) is 14.6. The molecule has 1 heterocycles. The van der Waals surface area contributed by atoms with Gasteiger partial charge in [-0.1, -0.05) is 57.5 Å². The number of nitrogens with zero attached hydrogens (tertiary/aromatic N) is 1. The molecule has 0 bridgehead atoms. The predicted molar refractivity (Wildman–Crippen MR) is 93.8 cm³/mol. The van der Waals surface area contributed by atoms with Gasteiger partial charge in [-0.05, 0) is 50.1 Å². The van der Waals surface area contributed by atoms with Crippen LogP contribution in [-0.2, 0) is 6.54 Å². The van der Waals surface area contributed by atoms with E-state index >= 15 is 0 Å². The molecule has 1 N–H and O–H groups in total. The minimum absolute atomic E-state index is 0.459. The molecule has 2 heteroatoms. The van der Waals surface area contributed by atoms with Crippen LogP contribution in [0.1, 0.15) is 64.9 Å². The highest BCUT2D eigenvalue weighted by Gasteiger charge is 2.37. The fourth-order valence-electron chi connectivity index (χ4n) is 3.98. The summed E-state index contributed by atoms with van der Waals surface area (Å²) in [5.74, 6) is 0.647. The summed E-state index contributed by atoms with van der Waals surface area (Å²) in [6.07, 6.45) is 6.43. The van der Waals surface area contributed by atoms with Crippen molar-refractivity contribution in [1.82, 2.24) is 4.90 Å². The zero-order valence-corrected chi connectivity index (χ0v) is 14.6. The van der Waals surface area contributed by atoms with Crippen LogP contribution in [0.25, 0.3) is 0 Å². The third-order valence-corrected chi connectivity index (χ3v) is 5.57. The van der Waals surface area contributed by atoms with Crippen LogP contribution in [-0.4, -0.2) is 28.2 Å². The van der Waals surface area contributed by atoms with Crippen molar-refractivity contribution >= 4 is 0 Å². The van der Waals surface area contributed by atoms with Gasteiger partial charge >= 0.3 is 0 Å². The van der Waals surface area contributed by atoms with Crippen LogP contribution in [0, 0.1) is 5.92 Å². The Labute approximate surface area is 136 Å². The maximum Gasteiger partial charge on any atom is 0.0645 e. The lowest BCUT2D eigenvalue weighted by molar-refractivity contribution is 0.00173. The first-order valence-corrected chi connectivity index (χ1v) is 9.12. The van der Waals surface area contributed by atoms with Crippen molar-refractivity contribution in [3.8, 4) is 0 Å². The molecule has 124 valence electrons. The van der Waals surface area contributed by atoms with E-state index in [4.69, 9.17) is 0 Å². The van der Waals surface area contributed by atoms with E-state index < -0.39 is 5.60 Å². The molecule has 1 aromatic carbocycles. The van der Waals surface area contributed by atoms with Gasteiger partial charge in [-0.25, -0.2) is 0 Å². The van der Waals surface area contributed by atoms with Crippen LogP contribution in [0.15, 0.2) is 30.3 Å². The summed E-state index contributed by atoms with van der Waals surface area (Å²) < 4.78 is 0. The fraction of sp³-hybridized carbons (Fsp3) is 0.700. The highest BCUT2D eigenvalue weighted by Crippen LogP contribution is 2.36. The van der Waals surface area contributed by atoms with E-state index in [1.54, 1.807) is 0 Å². The molecule has 0 spiro atoms. The van der Waals surface area contributed by atoms with Gasteiger partial charge in [0.05, 0.1) is 5.60 Å². The molecule has 0 aliphatic carbocycles. The molecule has 0 radical (unpaired) electrons. The fourth-order valence-corrected chi connectivity index (χ4v) is 3.98. The summed E-state index contributed by atoms with van der Waals surface area (Å²) >= 11 is 0. The first-order chi connectivity index (χ1) is 10.6. The molecule has 2 atom stereocenters. The third-order valence-electron chi connectivity index (χ3n) is 5.57. The number of hydrogen-bond donors (Lipinski definition) is 1. The molecule has 0 aromatic heterocycles. The van der Waals surface area contributed by atoms with E-state index in [1.165, 1.54) is 31.4 Å². The van der Waals surface area contributed by atoms with Crippen molar-refractivity contribution in [2.24, 2.45) is 5.92 Å². The van der Waals surface area contributed by atoms with Crippen LogP contribution >= 0.6 is 0 Å². The average Bonchev–Trinajstić information content (AvgIpc) is 2.90. The van der Waals surface area contributed by atoms with Gasteiger partial charge in [0, 0.05) is 12.6 Å². The Balaban J connectivity index is 2.04. The van der Waals surface area contributed by atoms with Crippen molar-refractivity contribution in [2.45, 2.75) is 77.5 Å². The molecule has 1 aromatic rings. The Morgan fingerprint density at radius 3 is 2.41 bits per heavy atom. The van der Waals surface area contributed by atoms with E-state index in [2.05, 4.69) is 56.0 Å². The van der Waals surface area contributed by atoms with Gasteiger partial charge in [0.2, 0.25) is 0 Å². The lowest BCUT2D eigenvalue weighted by Crippen LogP contribution is -2.37. The third kappa shape index (κ3) is 4.33. The minimum Gasteiger partial charge on any atom is -0.390 e. The Morgan fingerprint density at radius 2 is 1.82 bits per heavy atom. The smallest absolute Gasteiger partial charge is 0.0645 e. The lowest BCUT2D eigenvalue weighted by Gasteiger charge is -2.33. The van der Waals surface area contributed by atoms with Crippen LogP contribution in [0.2, 0.25) is 0 Å². The largest absolute Gasteiger partial charge is 0.390 e. The second-order valence-corrected chi connectivity index (χ2v) is 7.00. The maximum absolute atomic E-state index is 10.7. The van der Waals surface area contributed by atoms with Crippen molar-refractivity contribution < 1.29 is 5.11 Å². The molecule has 0 saturated carbocycles. The van der Waals surface area contributed by atoms with Crippen molar-refractivity contribution in [2.75, 3.05) is 6.54 Å². The molecule has 2 nitrogen and oxygen atoms in total. The topological polar surface area (TPSA) is 23.5 Å². The van der Waals surface area contributed by atoms with E-state index in [1.807, 2.05) is 0 Å². The second-order valence-electron chi connectivity index (χ2n) is 7.00. The molecule has 0 unspecified atom stereocenters. The highest BCUT2D eigenvalue weighted by atomic mass is 16.3. The Hall–Kier alpha value is -0.860. The molecule has 1 fully saturated rings. The van der Waals surface area contributed by atoms with Crippen LogP contribution in [0.4, 0.5) is 0 Å². The zero-order chi connectivity index (χ0) is 16.0.